The number of aryl methyl sites for hydroxylation is 2. The minimum Gasteiger partial charge on any atom is -0.337 e. The minimum atomic E-state index is 0.174. The van der Waals surface area contributed by atoms with Gasteiger partial charge in [-0.15, -0.1) is 21.5 Å². The number of amides is 1. The number of aromatic nitrogens is 3. The van der Waals surface area contributed by atoms with Gasteiger partial charge in [0.1, 0.15) is 11.6 Å². The second-order valence-corrected chi connectivity index (χ2v) is 8.23. The van der Waals surface area contributed by atoms with E-state index in [1.54, 1.807) is 11.3 Å². The summed E-state index contributed by atoms with van der Waals surface area (Å²) in [5.74, 6) is 2.74. The highest BCUT2D eigenvalue weighted by Gasteiger charge is 2.30. The van der Waals surface area contributed by atoms with Gasteiger partial charge in [0, 0.05) is 36.9 Å². The molecule has 4 heterocycles. The predicted octanol–water partition coefficient (Wildman–Crippen LogP) is 3.39. The van der Waals surface area contributed by atoms with Gasteiger partial charge in [0.15, 0.2) is 0 Å². The van der Waals surface area contributed by atoms with Gasteiger partial charge in [-0.25, -0.2) is 0 Å². The lowest BCUT2D eigenvalue weighted by Crippen LogP contribution is -2.39. The summed E-state index contributed by atoms with van der Waals surface area (Å²) in [5.41, 5.74) is 0. The molecule has 0 N–H and O–H groups in total. The number of carbonyl (C=O) groups excluding carboxylic acids is 1. The Balaban J connectivity index is 1.53. The molecule has 2 aromatic rings. The molecule has 2 aliphatic heterocycles. The predicted molar refractivity (Wildman–Crippen MR) is 94.5 cm³/mol. The molecule has 0 spiro atoms. The van der Waals surface area contributed by atoms with Gasteiger partial charge in [0.2, 0.25) is 0 Å². The number of likely N-dealkylation sites (tertiary alicyclic amines) is 1. The molecule has 1 amide bonds. The Hall–Kier alpha value is -1.69. The fourth-order valence-electron chi connectivity index (χ4n) is 3.89. The molecule has 2 aromatic heterocycles. The molecular formula is C18H24N4OS. The van der Waals surface area contributed by atoms with Crippen molar-refractivity contribution < 1.29 is 4.79 Å². The summed E-state index contributed by atoms with van der Waals surface area (Å²) in [4.78, 5) is 16.8. The maximum atomic E-state index is 12.8. The van der Waals surface area contributed by atoms with Crippen molar-refractivity contribution in [3.8, 4) is 0 Å². The zero-order chi connectivity index (χ0) is 16.5. The number of hydrogen-bond acceptors (Lipinski definition) is 4. The second kappa shape index (κ2) is 6.67. The zero-order valence-corrected chi connectivity index (χ0v) is 15.0. The van der Waals surface area contributed by atoms with Crippen molar-refractivity contribution in [1.82, 2.24) is 19.7 Å². The molecule has 6 heteroatoms. The van der Waals surface area contributed by atoms with Crippen molar-refractivity contribution in [2.75, 3.05) is 13.1 Å². The molecule has 0 bridgehead atoms. The van der Waals surface area contributed by atoms with Crippen LogP contribution in [0.1, 0.15) is 64.2 Å². The molecule has 1 saturated heterocycles. The van der Waals surface area contributed by atoms with E-state index < -0.39 is 0 Å². The summed E-state index contributed by atoms with van der Waals surface area (Å²) >= 11 is 1.59. The Morgan fingerprint density at radius 3 is 2.92 bits per heavy atom. The average molecular weight is 344 g/mol. The van der Waals surface area contributed by atoms with Crippen LogP contribution < -0.4 is 0 Å². The van der Waals surface area contributed by atoms with Crippen LogP contribution in [-0.2, 0) is 13.0 Å². The molecular weight excluding hydrogens is 320 g/mol. The van der Waals surface area contributed by atoms with Gasteiger partial charge >= 0.3 is 0 Å². The lowest BCUT2D eigenvalue weighted by Gasteiger charge is -2.32. The van der Waals surface area contributed by atoms with E-state index in [9.17, 15) is 4.79 Å². The highest BCUT2D eigenvalue weighted by molar-refractivity contribution is 7.13. The normalized spacial score (nSPS) is 21.4. The van der Waals surface area contributed by atoms with E-state index in [1.807, 2.05) is 24.0 Å². The Morgan fingerprint density at radius 2 is 2.08 bits per heavy atom. The van der Waals surface area contributed by atoms with E-state index in [-0.39, 0.29) is 5.91 Å². The van der Waals surface area contributed by atoms with E-state index >= 15 is 0 Å². The molecule has 5 nitrogen and oxygen atoms in total. The van der Waals surface area contributed by atoms with E-state index in [1.165, 1.54) is 24.1 Å². The Labute approximate surface area is 146 Å². The van der Waals surface area contributed by atoms with Crippen molar-refractivity contribution in [1.29, 1.82) is 0 Å². The standard InChI is InChI=1S/C18H24N4OS/c1-13-8-9-15(24-13)18(23)21-10-5-6-14(12-21)17-20-19-16-7-3-2-4-11-22(16)17/h8-9,14H,2-7,10-12H2,1H3. The molecule has 0 saturated carbocycles. The molecule has 0 aromatic carbocycles. The third-order valence-corrected chi connectivity index (χ3v) is 6.15. The average Bonchev–Trinajstić information content (AvgIpc) is 3.14. The third kappa shape index (κ3) is 2.99. The zero-order valence-electron chi connectivity index (χ0n) is 14.2. The minimum absolute atomic E-state index is 0.174. The van der Waals surface area contributed by atoms with Crippen LogP contribution in [0.3, 0.4) is 0 Å². The first-order chi connectivity index (χ1) is 11.7. The van der Waals surface area contributed by atoms with Gasteiger partial charge in [-0.05, 0) is 44.7 Å². The number of hydrogen-bond donors (Lipinski definition) is 0. The van der Waals surface area contributed by atoms with Crippen LogP contribution in [0, 0.1) is 6.92 Å². The summed E-state index contributed by atoms with van der Waals surface area (Å²) in [6.07, 6.45) is 6.88. The summed E-state index contributed by atoms with van der Waals surface area (Å²) in [5, 5.41) is 8.95. The molecule has 4 rings (SSSR count). The molecule has 1 atom stereocenters. The number of thiophene rings is 1. The second-order valence-electron chi connectivity index (χ2n) is 6.94. The number of carbonyl (C=O) groups is 1. The van der Waals surface area contributed by atoms with Crippen LogP contribution in [0.2, 0.25) is 0 Å². The number of fused-ring (bicyclic) bond motifs is 1. The summed E-state index contributed by atoms with van der Waals surface area (Å²) in [6, 6.07) is 3.98. The van der Waals surface area contributed by atoms with E-state index in [0.717, 1.165) is 55.4 Å². The molecule has 1 unspecified atom stereocenters. The van der Waals surface area contributed by atoms with Crippen LogP contribution in [0.25, 0.3) is 0 Å². The van der Waals surface area contributed by atoms with Crippen LogP contribution in [-0.4, -0.2) is 38.7 Å². The SMILES string of the molecule is Cc1ccc(C(=O)N2CCCC(c3nnc4n3CCCCC4)C2)s1. The number of piperidine rings is 1. The van der Waals surface area contributed by atoms with Crippen molar-refractivity contribution in [2.24, 2.45) is 0 Å². The highest BCUT2D eigenvalue weighted by atomic mass is 32.1. The lowest BCUT2D eigenvalue weighted by atomic mass is 9.97. The number of rotatable bonds is 2. The highest BCUT2D eigenvalue weighted by Crippen LogP contribution is 2.29. The van der Waals surface area contributed by atoms with Crippen LogP contribution in [0.15, 0.2) is 12.1 Å². The molecule has 24 heavy (non-hydrogen) atoms. The first-order valence-corrected chi connectivity index (χ1v) is 9.81. The van der Waals surface area contributed by atoms with Crippen molar-refractivity contribution in [3.63, 3.8) is 0 Å². The van der Waals surface area contributed by atoms with Gasteiger partial charge in [-0.1, -0.05) is 6.42 Å². The van der Waals surface area contributed by atoms with E-state index in [0.29, 0.717) is 5.92 Å². The monoisotopic (exact) mass is 344 g/mol. The Kier molecular flexibility index (Phi) is 4.39. The van der Waals surface area contributed by atoms with E-state index in [4.69, 9.17) is 0 Å². The van der Waals surface area contributed by atoms with Crippen molar-refractivity contribution in [2.45, 2.75) is 57.9 Å². The topological polar surface area (TPSA) is 51.0 Å². The van der Waals surface area contributed by atoms with Crippen molar-refractivity contribution in [3.05, 3.63) is 33.5 Å². The maximum Gasteiger partial charge on any atom is 0.263 e. The fourth-order valence-corrected chi connectivity index (χ4v) is 4.72. The quantitative estimate of drug-likeness (QED) is 0.839. The molecule has 128 valence electrons. The third-order valence-electron chi connectivity index (χ3n) is 5.16. The first kappa shape index (κ1) is 15.8. The summed E-state index contributed by atoms with van der Waals surface area (Å²) in [6.45, 7) is 4.71. The number of nitrogens with zero attached hydrogens (tertiary/aromatic N) is 4. The van der Waals surface area contributed by atoms with Gasteiger partial charge in [0.05, 0.1) is 4.88 Å². The Bertz CT molecular complexity index is 735. The fraction of sp³-hybridized carbons (Fsp3) is 0.611. The smallest absolute Gasteiger partial charge is 0.263 e. The molecule has 2 aliphatic rings. The molecule has 1 fully saturated rings. The van der Waals surface area contributed by atoms with E-state index in [2.05, 4.69) is 14.8 Å². The Morgan fingerprint density at radius 1 is 1.17 bits per heavy atom. The van der Waals surface area contributed by atoms with Gasteiger partial charge in [0.25, 0.3) is 5.91 Å². The lowest BCUT2D eigenvalue weighted by molar-refractivity contribution is 0.0708. The van der Waals surface area contributed by atoms with Gasteiger partial charge < -0.3 is 9.47 Å². The first-order valence-electron chi connectivity index (χ1n) is 9.00. The van der Waals surface area contributed by atoms with Gasteiger partial charge in [-0.2, -0.15) is 0 Å². The van der Waals surface area contributed by atoms with Crippen LogP contribution in [0.4, 0.5) is 0 Å². The van der Waals surface area contributed by atoms with Crippen molar-refractivity contribution >= 4 is 17.2 Å². The maximum absolute atomic E-state index is 12.8. The molecule has 0 aliphatic carbocycles. The summed E-state index contributed by atoms with van der Waals surface area (Å²) < 4.78 is 2.33. The van der Waals surface area contributed by atoms with Crippen LogP contribution in [0.5, 0.6) is 0 Å². The van der Waals surface area contributed by atoms with Crippen LogP contribution >= 0.6 is 11.3 Å². The largest absolute Gasteiger partial charge is 0.337 e. The summed E-state index contributed by atoms with van der Waals surface area (Å²) in [7, 11) is 0. The molecule has 0 radical (unpaired) electrons. The van der Waals surface area contributed by atoms with Gasteiger partial charge in [-0.3, -0.25) is 4.79 Å².